The summed E-state index contributed by atoms with van der Waals surface area (Å²) < 4.78 is 0. The topological polar surface area (TPSA) is 41.0 Å². The molecule has 1 N–H and O–H groups in total. The molecule has 0 spiro atoms. The van der Waals surface area contributed by atoms with Gasteiger partial charge in [0.25, 0.3) is 0 Å². The molecule has 3 aromatic rings. The zero-order valence-electron chi connectivity index (χ0n) is 11.5. The average molecular weight is 296 g/mol. The summed E-state index contributed by atoms with van der Waals surface area (Å²) in [5, 5.41) is 7.94. The number of halogens is 1. The largest absolute Gasteiger partial charge is 0.280 e. The van der Waals surface area contributed by atoms with E-state index in [9.17, 15) is 0 Å². The first kappa shape index (κ1) is 13.6. The normalized spacial score (nSPS) is 11.1. The molecule has 0 radical (unpaired) electrons. The third kappa shape index (κ3) is 2.88. The van der Waals surface area contributed by atoms with Crippen LogP contribution < -0.4 is 0 Å². The van der Waals surface area contributed by atoms with Crippen molar-refractivity contribution in [2.45, 2.75) is 6.92 Å². The van der Waals surface area contributed by atoms with Crippen LogP contribution in [0.3, 0.4) is 0 Å². The number of aryl methyl sites for hydroxylation is 1. The van der Waals surface area contributed by atoms with Gasteiger partial charge in [-0.1, -0.05) is 60.1 Å². The summed E-state index contributed by atoms with van der Waals surface area (Å²) in [6.45, 7) is 1.99. The van der Waals surface area contributed by atoms with Crippen LogP contribution in [-0.2, 0) is 0 Å². The number of nitrogens with one attached hydrogen (secondary N) is 1. The monoisotopic (exact) mass is 295 g/mol. The molecular formula is C17H14ClN3. The highest BCUT2D eigenvalue weighted by molar-refractivity contribution is 6.33. The zero-order chi connectivity index (χ0) is 14.7. The minimum Gasteiger partial charge on any atom is -0.280 e. The van der Waals surface area contributed by atoms with Gasteiger partial charge in [-0.05, 0) is 18.6 Å². The summed E-state index contributed by atoms with van der Waals surface area (Å²) in [5.74, 6) is 0.665. The first-order chi connectivity index (χ1) is 10.3. The molecule has 0 aliphatic rings. The standard InChI is InChI=1S/C17H14ClN3/c1-12-16(13-7-3-2-4-8-13)17(21-20-12)19-11-14-9-5-6-10-15(14)18/h2-11H,1H3,(H,20,21). The van der Waals surface area contributed by atoms with Crippen LogP contribution in [0.1, 0.15) is 11.3 Å². The van der Waals surface area contributed by atoms with Crippen molar-refractivity contribution in [1.82, 2.24) is 10.2 Å². The number of hydrogen-bond acceptors (Lipinski definition) is 2. The minimum atomic E-state index is 0.665. The van der Waals surface area contributed by atoms with E-state index in [1.165, 1.54) is 0 Å². The first-order valence-electron chi connectivity index (χ1n) is 6.64. The second-order valence-electron chi connectivity index (χ2n) is 4.69. The van der Waals surface area contributed by atoms with Crippen LogP contribution >= 0.6 is 11.6 Å². The van der Waals surface area contributed by atoms with Crippen molar-refractivity contribution < 1.29 is 0 Å². The van der Waals surface area contributed by atoms with Crippen LogP contribution in [0, 0.1) is 6.92 Å². The highest BCUT2D eigenvalue weighted by Gasteiger charge is 2.11. The van der Waals surface area contributed by atoms with Gasteiger partial charge in [0.1, 0.15) is 0 Å². The van der Waals surface area contributed by atoms with Gasteiger partial charge in [-0.2, -0.15) is 5.10 Å². The Kier molecular flexibility index (Phi) is 3.84. The predicted octanol–water partition coefficient (Wildman–Crippen LogP) is 4.79. The fourth-order valence-electron chi connectivity index (χ4n) is 2.17. The van der Waals surface area contributed by atoms with Crippen LogP contribution in [0.5, 0.6) is 0 Å². The van der Waals surface area contributed by atoms with Crippen molar-refractivity contribution >= 4 is 23.6 Å². The maximum Gasteiger partial charge on any atom is 0.181 e. The number of benzene rings is 2. The zero-order valence-corrected chi connectivity index (χ0v) is 12.3. The molecule has 3 rings (SSSR count). The fraction of sp³-hybridized carbons (Fsp3) is 0.0588. The van der Waals surface area contributed by atoms with Crippen molar-refractivity contribution in [2.75, 3.05) is 0 Å². The van der Waals surface area contributed by atoms with Crippen molar-refractivity contribution in [1.29, 1.82) is 0 Å². The van der Waals surface area contributed by atoms with E-state index in [0.29, 0.717) is 10.8 Å². The van der Waals surface area contributed by atoms with E-state index < -0.39 is 0 Å². The molecule has 1 heterocycles. The number of H-pyrrole nitrogens is 1. The Labute approximate surface area is 128 Å². The molecule has 0 amide bonds. The number of nitrogens with zero attached hydrogens (tertiary/aromatic N) is 2. The molecule has 0 saturated heterocycles. The lowest BCUT2D eigenvalue weighted by molar-refractivity contribution is 1.04. The van der Waals surface area contributed by atoms with Gasteiger partial charge in [0.05, 0.1) is 0 Å². The lowest BCUT2D eigenvalue weighted by Crippen LogP contribution is -1.83. The average Bonchev–Trinajstić information content (AvgIpc) is 2.88. The highest BCUT2D eigenvalue weighted by atomic mass is 35.5. The highest BCUT2D eigenvalue weighted by Crippen LogP contribution is 2.31. The Morgan fingerprint density at radius 1 is 1.05 bits per heavy atom. The van der Waals surface area contributed by atoms with E-state index in [1.807, 2.05) is 61.5 Å². The molecule has 21 heavy (non-hydrogen) atoms. The van der Waals surface area contributed by atoms with E-state index >= 15 is 0 Å². The van der Waals surface area contributed by atoms with Crippen LogP contribution in [0.4, 0.5) is 5.82 Å². The minimum absolute atomic E-state index is 0.665. The SMILES string of the molecule is Cc1[nH]nc(N=Cc2ccccc2Cl)c1-c1ccccc1. The smallest absolute Gasteiger partial charge is 0.181 e. The summed E-state index contributed by atoms with van der Waals surface area (Å²) in [7, 11) is 0. The molecule has 0 fully saturated rings. The van der Waals surface area contributed by atoms with E-state index in [0.717, 1.165) is 22.4 Å². The molecule has 0 atom stereocenters. The van der Waals surface area contributed by atoms with Crippen molar-refractivity contribution in [2.24, 2.45) is 4.99 Å². The summed E-state index contributed by atoms with van der Waals surface area (Å²) in [6.07, 6.45) is 1.74. The van der Waals surface area contributed by atoms with Crippen LogP contribution in [0.25, 0.3) is 11.1 Å². The lowest BCUT2D eigenvalue weighted by Gasteiger charge is -2.01. The molecule has 0 bridgehead atoms. The Balaban J connectivity index is 2.00. The van der Waals surface area contributed by atoms with Gasteiger partial charge in [-0.25, -0.2) is 4.99 Å². The van der Waals surface area contributed by atoms with Gasteiger partial charge in [0.2, 0.25) is 0 Å². The van der Waals surface area contributed by atoms with Crippen molar-refractivity contribution in [3.63, 3.8) is 0 Å². The van der Waals surface area contributed by atoms with Crippen LogP contribution in [0.15, 0.2) is 59.6 Å². The molecule has 4 heteroatoms. The quantitative estimate of drug-likeness (QED) is 0.694. The number of aliphatic imine (C=N–C) groups is 1. The Bertz CT molecular complexity index is 776. The third-order valence-corrected chi connectivity index (χ3v) is 3.57. The van der Waals surface area contributed by atoms with E-state index in [4.69, 9.17) is 11.6 Å². The summed E-state index contributed by atoms with van der Waals surface area (Å²) >= 11 is 6.13. The number of rotatable bonds is 3. The maximum absolute atomic E-state index is 6.13. The first-order valence-corrected chi connectivity index (χ1v) is 7.02. The molecular weight excluding hydrogens is 282 g/mol. The summed E-state index contributed by atoms with van der Waals surface area (Å²) in [4.78, 5) is 4.48. The van der Waals surface area contributed by atoms with Gasteiger partial charge in [0, 0.05) is 28.1 Å². The second-order valence-corrected chi connectivity index (χ2v) is 5.10. The van der Waals surface area contributed by atoms with E-state index in [-0.39, 0.29) is 0 Å². The van der Waals surface area contributed by atoms with Crippen molar-refractivity contribution in [3.8, 4) is 11.1 Å². The Morgan fingerprint density at radius 2 is 1.76 bits per heavy atom. The molecule has 0 aliphatic carbocycles. The molecule has 2 aromatic carbocycles. The van der Waals surface area contributed by atoms with E-state index in [1.54, 1.807) is 6.21 Å². The van der Waals surface area contributed by atoms with E-state index in [2.05, 4.69) is 15.2 Å². The van der Waals surface area contributed by atoms with Gasteiger partial charge < -0.3 is 0 Å². The predicted molar refractivity (Wildman–Crippen MR) is 87.5 cm³/mol. The maximum atomic E-state index is 6.13. The van der Waals surface area contributed by atoms with Gasteiger partial charge >= 0.3 is 0 Å². The lowest BCUT2D eigenvalue weighted by atomic mass is 10.1. The Morgan fingerprint density at radius 3 is 2.52 bits per heavy atom. The molecule has 1 aromatic heterocycles. The fourth-order valence-corrected chi connectivity index (χ4v) is 2.36. The number of aromatic amines is 1. The Hall–Kier alpha value is -2.39. The summed E-state index contributed by atoms with van der Waals surface area (Å²) in [5.41, 5.74) is 3.97. The molecule has 104 valence electrons. The van der Waals surface area contributed by atoms with Crippen LogP contribution in [-0.4, -0.2) is 16.4 Å². The summed E-state index contributed by atoms with van der Waals surface area (Å²) in [6, 6.07) is 17.7. The third-order valence-electron chi connectivity index (χ3n) is 3.22. The molecule has 3 nitrogen and oxygen atoms in total. The number of hydrogen-bond donors (Lipinski definition) is 1. The van der Waals surface area contributed by atoms with Crippen molar-refractivity contribution in [3.05, 3.63) is 70.9 Å². The molecule has 0 saturated carbocycles. The van der Waals surface area contributed by atoms with Gasteiger partial charge in [-0.15, -0.1) is 0 Å². The molecule has 0 unspecified atom stereocenters. The molecule has 0 aliphatic heterocycles. The number of aromatic nitrogens is 2. The second kappa shape index (κ2) is 5.94. The van der Waals surface area contributed by atoms with Gasteiger partial charge in [0.15, 0.2) is 5.82 Å². The van der Waals surface area contributed by atoms with Gasteiger partial charge in [-0.3, -0.25) is 5.10 Å². The van der Waals surface area contributed by atoms with Crippen LogP contribution in [0.2, 0.25) is 5.02 Å².